The van der Waals surface area contributed by atoms with Gasteiger partial charge in [-0.2, -0.15) is 0 Å². The minimum Gasteiger partial charge on any atom is -0.478 e. The largest absolute Gasteiger partial charge is 0.478 e. The second-order valence-electron chi connectivity index (χ2n) is 6.61. The number of aromatic carboxylic acids is 1. The first-order valence-electron chi connectivity index (χ1n) is 8.56. The molecule has 0 radical (unpaired) electrons. The molecule has 0 amide bonds. The fourth-order valence-corrected chi connectivity index (χ4v) is 3.39. The molecule has 1 saturated heterocycles. The summed E-state index contributed by atoms with van der Waals surface area (Å²) in [6, 6.07) is 14.3. The van der Waals surface area contributed by atoms with Crippen LogP contribution in [0.15, 0.2) is 48.5 Å². The highest BCUT2D eigenvalue weighted by Crippen LogP contribution is 2.23. The Morgan fingerprint density at radius 2 is 1.72 bits per heavy atom. The number of rotatable bonds is 5. The number of anilines is 1. The van der Waals surface area contributed by atoms with E-state index in [9.17, 15) is 9.18 Å². The summed E-state index contributed by atoms with van der Waals surface area (Å²) in [5.74, 6) is -1.10. The van der Waals surface area contributed by atoms with Gasteiger partial charge >= 0.3 is 5.97 Å². The molecule has 2 aromatic carbocycles. The molecule has 0 saturated carbocycles. The van der Waals surface area contributed by atoms with Crippen molar-refractivity contribution in [3.05, 3.63) is 65.5 Å². The van der Waals surface area contributed by atoms with Crippen LogP contribution in [-0.4, -0.2) is 42.2 Å². The minimum atomic E-state index is -0.896. The van der Waals surface area contributed by atoms with Crippen LogP contribution in [0.3, 0.4) is 0 Å². The molecule has 25 heavy (non-hydrogen) atoms. The van der Waals surface area contributed by atoms with Gasteiger partial charge in [-0.1, -0.05) is 12.1 Å². The van der Waals surface area contributed by atoms with E-state index in [0.717, 1.165) is 43.7 Å². The maximum Gasteiger partial charge on any atom is 0.335 e. The van der Waals surface area contributed by atoms with E-state index in [1.54, 1.807) is 12.1 Å². The molecule has 5 heteroatoms. The third kappa shape index (κ3) is 4.37. The van der Waals surface area contributed by atoms with E-state index in [4.69, 9.17) is 5.11 Å². The third-order valence-corrected chi connectivity index (χ3v) is 4.91. The van der Waals surface area contributed by atoms with Crippen LogP contribution in [0, 0.1) is 5.82 Å². The summed E-state index contributed by atoms with van der Waals surface area (Å²) >= 11 is 0. The van der Waals surface area contributed by atoms with Crippen LogP contribution in [-0.2, 0) is 6.54 Å². The number of carboxylic acids is 1. The summed E-state index contributed by atoms with van der Waals surface area (Å²) in [5.41, 5.74) is 2.51. The summed E-state index contributed by atoms with van der Waals surface area (Å²) in [4.78, 5) is 15.6. The first-order chi connectivity index (χ1) is 12.0. The van der Waals surface area contributed by atoms with Gasteiger partial charge in [0.05, 0.1) is 5.56 Å². The molecule has 0 unspecified atom stereocenters. The van der Waals surface area contributed by atoms with Gasteiger partial charge in [0.1, 0.15) is 5.82 Å². The molecule has 3 rings (SSSR count). The van der Waals surface area contributed by atoms with Crippen molar-refractivity contribution < 1.29 is 14.3 Å². The highest BCUT2D eigenvalue weighted by atomic mass is 19.1. The lowest BCUT2D eigenvalue weighted by Crippen LogP contribution is -2.43. The number of halogens is 1. The highest BCUT2D eigenvalue weighted by molar-refractivity contribution is 5.88. The van der Waals surface area contributed by atoms with E-state index < -0.39 is 5.97 Å². The molecule has 1 N–H and O–H groups in total. The summed E-state index contributed by atoms with van der Waals surface area (Å²) in [5, 5.41) is 8.98. The quantitative estimate of drug-likeness (QED) is 0.901. The second-order valence-corrected chi connectivity index (χ2v) is 6.61. The van der Waals surface area contributed by atoms with Crippen molar-refractivity contribution in [2.75, 3.05) is 25.0 Å². The maximum atomic E-state index is 13.0. The van der Waals surface area contributed by atoms with Crippen molar-refractivity contribution >= 4 is 11.7 Å². The average molecular weight is 342 g/mol. The predicted molar refractivity (Wildman–Crippen MR) is 96.5 cm³/mol. The smallest absolute Gasteiger partial charge is 0.335 e. The van der Waals surface area contributed by atoms with E-state index in [1.807, 2.05) is 24.3 Å². The zero-order valence-corrected chi connectivity index (χ0v) is 14.4. The number of carboxylic acid groups (broad SMARTS) is 1. The molecule has 4 nitrogen and oxygen atoms in total. The summed E-state index contributed by atoms with van der Waals surface area (Å²) in [6.07, 6.45) is 2.11. The first kappa shape index (κ1) is 17.4. The van der Waals surface area contributed by atoms with Crippen LogP contribution in [0.2, 0.25) is 0 Å². The standard InChI is InChI=1S/C20H23FN2O2/c1-22(14-15-2-6-17(21)7-3-15)18-10-12-23(13-11-18)19-8-4-16(5-9-19)20(24)25/h2-9,18H,10-14H2,1H3,(H,24,25). The summed E-state index contributed by atoms with van der Waals surface area (Å²) < 4.78 is 13.0. The molecule has 0 bridgehead atoms. The lowest BCUT2D eigenvalue weighted by atomic mass is 10.0. The van der Waals surface area contributed by atoms with Crippen LogP contribution in [0.1, 0.15) is 28.8 Å². The van der Waals surface area contributed by atoms with E-state index >= 15 is 0 Å². The van der Waals surface area contributed by atoms with Gasteiger partial charge in [-0.3, -0.25) is 4.90 Å². The van der Waals surface area contributed by atoms with Crippen LogP contribution in [0.4, 0.5) is 10.1 Å². The third-order valence-electron chi connectivity index (χ3n) is 4.91. The fourth-order valence-electron chi connectivity index (χ4n) is 3.39. The number of carbonyl (C=O) groups is 1. The Morgan fingerprint density at radius 3 is 2.28 bits per heavy atom. The topological polar surface area (TPSA) is 43.8 Å². The van der Waals surface area contributed by atoms with Gasteiger partial charge in [0, 0.05) is 31.4 Å². The Bertz CT molecular complexity index is 707. The van der Waals surface area contributed by atoms with Gasteiger partial charge < -0.3 is 10.0 Å². The van der Waals surface area contributed by atoms with E-state index in [2.05, 4.69) is 16.8 Å². The molecule has 0 spiro atoms. The molecule has 1 heterocycles. The molecular weight excluding hydrogens is 319 g/mol. The van der Waals surface area contributed by atoms with Gasteiger partial charge in [0.2, 0.25) is 0 Å². The summed E-state index contributed by atoms with van der Waals surface area (Å²) in [6.45, 7) is 2.72. The minimum absolute atomic E-state index is 0.200. The lowest BCUT2D eigenvalue weighted by molar-refractivity contribution is 0.0697. The number of piperidine rings is 1. The molecule has 0 atom stereocenters. The fraction of sp³-hybridized carbons (Fsp3) is 0.350. The van der Waals surface area contributed by atoms with Crippen LogP contribution >= 0.6 is 0 Å². The lowest BCUT2D eigenvalue weighted by Gasteiger charge is -2.38. The van der Waals surface area contributed by atoms with Crippen LogP contribution in [0.25, 0.3) is 0 Å². The molecule has 1 fully saturated rings. The molecule has 0 aromatic heterocycles. The van der Waals surface area contributed by atoms with Crippen molar-refractivity contribution in [3.8, 4) is 0 Å². The van der Waals surface area contributed by atoms with Crippen molar-refractivity contribution in [2.24, 2.45) is 0 Å². The van der Waals surface area contributed by atoms with E-state index in [1.165, 1.54) is 12.1 Å². The Balaban J connectivity index is 1.54. The van der Waals surface area contributed by atoms with Gasteiger partial charge in [-0.15, -0.1) is 0 Å². The number of hydrogen-bond donors (Lipinski definition) is 1. The molecule has 0 aliphatic carbocycles. The van der Waals surface area contributed by atoms with Crippen molar-refractivity contribution in [3.63, 3.8) is 0 Å². The van der Waals surface area contributed by atoms with Crippen LogP contribution < -0.4 is 4.90 Å². The molecule has 1 aliphatic rings. The van der Waals surface area contributed by atoms with E-state index in [0.29, 0.717) is 11.6 Å². The van der Waals surface area contributed by atoms with Gasteiger partial charge in [-0.05, 0) is 61.9 Å². The molecular formula is C20H23FN2O2. The SMILES string of the molecule is CN(Cc1ccc(F)cc1)C1CCN(c2ccc(C(=O)O)cc2)CC1. The zero-order chi connectivity index (χ0) is 17.8. The van der Waals surface area contributed by atoms with Gasteiger partial charge in [-0.25, -0.2) is 9.18 Å². The molecule has 2 aromatic rings. The normalized spacial score (nSPS) is 15.6. The second kappa shape index (κ2) is 7.66. The monoisotopic (exact) mass is 342 g/mol. The van der Waals surface area contributed by atoms with E-state index in [-0.39, 0.29) is 5.82 Å². The Morgan fingerprint density at radius 1 is 1.12 bits per heavy atom. The van der Waals surface area contributed by atoms with Gasteiger partial charge in [0.25, 0.3) is 0 Å². The Kier molecular flexibility index (Phi) is 5.34. The van der Waals surface area contributed by atoms with Crippen LogP contribution in [0.5, 0.6) is 0 Å². The van der Waals surface area contributed by atoms with Gasteiger partial charge in [0.15, 0.2) is 0 Å². The predicted octanol–water partition coefficient (Wildman–Crippen LogP) is 3.62. The maximum absolute atomic E-state index is 13.0. The van der Waals surface area contributed by atoms with Crippen molar-refractivity contribution in [2.45, 2.75) is 25.4 Å². The Hall–Kier alpha value is -2.40. The molecule has 132 valence electrons. The van der Waals surface area contributed by atoms with Crippen molar-refractivity contribution in [1.29, 1.82) is 0 Å². The Labute approximate surface area is 147 Å². The summed E-state index contributed by atoms with van der Waals surface area (Å²) in [7, 11) is 2.12. The van der Waals surface area contributed by atoms with Crippen molar-refractivity contribution in [1.82, 2.24) is 4.90 Å². The zero-order valence-electron chi connectivity index (χ0n) is 14.4. The number of nitrogens with zero attached hydrogens (tertiary/aromatic N) is 2. The number of benzene rings is 2. The number of hydrogen-bond acceptors (Lipinski definition) is 3. The highest BCUT2D eigenvalue weighted by Gasteiger charge is 2.22. The first-order valence-corrected chi connectivity index (χ1v) is 8.56. The molecule has 1 aliphatic heterocycles. The average Bonchev–Trinajstić information content (AvgIpc) is 2.64.